The lowest BCUT2D eigenvalue weighted by Crippen LogP contribution is -2.55. The van der Waals surface area contributed by atoms with E-state index in [2.05, 4.69) is 107 Å². The minimum Gasteiger partial charge on any atom is -0.0622 e. The molecule has 4 aromatic carbocycles. The summed E-state index contributed by atoms with van der Waals surface area (Å²) >= 11 is 3.80. The van der Waals surface area contributed by atoms with Crippen LogP contribution >= 0.6 is 15.9 Å². The van der Waals surface area contributed by atoms with Crippen molar-refractivity contribution in [2.45, 2.75) is 37.5 Å². The quantitative estimate of drug-likeness (QED) is 0.248. The first kappa shape index (κ1) is 20.5. The summed E-state index contributed by atoms with van der Waals surface area (Å²) < 4.78 is 1.13. The van der Waals surface area contributed by atoms with Gasteiger partial charge in [0, 0.05) is 9.89 Å². The number of hydrogen-bond donors (Lipinski definition) is 0. The lowest BCUT2D eigenvalue weighted by atomic mass is 9.43. The molecule has 0 radical (unpaired) electrons. The molecule has 4 fully saturated rings. The van der Waals surface area contributed by atoms with E-state index in [1.807, 2.05) is 0 Å². The Morgan fingerprint density at radius 3 is 1.89 bits per heavy atom. The van der Waals surface area contributed by atoms with E-state index in [0.29, 0.717) is 0 Å². The fourth-order valence-corrected chi connectivity index (χ4v) is 9.39. The summed E-state index contributed by atoms with van der Waals surface area (Å²) in [5.74, 6) is 3.61. The fraction of sp³-hybridized carbons (Fsp3) is 0.294. The molecule has 0 nitrogen and oxygen atoms in total. The molecule has 0 N–H and O–H groups in total. The van der Waals surface area contributed by atoms with Crippen LogP contribution in [0.3, 0.4) is 0 Å². The van der Waals surface area contributed by atoms with Crippen LogP contribution in [0.4, 0.5) is 0 Å². The number of benzene rings is 4. The van der Waals surface area contributed by atoms with Crippen molar-refractivity contribution in [2.75, 3.05) is 0 Å². The van der Waals surface area contributed by atoms with Crippen LogP contribution in [0.5, 0.6) is 0 Å². The molecule has 0 heterocycles. The van der Waals surface area contributed by atoms with Crippen molar-refractivity contribution in [3.05, 3.63) is 107 Å². The van der Waals surface area contributed by atoms with Crippen molar-refractivity contribution in [1.82, 2.24) is 0 Å². The van der Waals surface area contributed by atoms with Crippen LogP contribution < -0.4 is 0 Å². The van der Waals surface area contributed by atoms with E-state index in [1.165, 1.54) is 65.5 Å². The topological polar surface area (TPSA) is 0 Å². The molecule has 5 aliphatic carbocycles. The van der Waals surface area contributed by atoms with Gasteiger partial charge in [-0.1, -0.05) is 82.7 Å². The van der Waals surface area contributed by atoms with Gasteiger partial charge in [-0.15, -0.1) is 0 Å². The molecule has 1 spiro atoms. The van der Waals surface area contributed by atoms with Crippen LogP contribution in [-0.4, -0.2) is 0 Å². The zero-order valence-electron chi connectivity index (χ0n) is 19.9. The number of hydrogen-bond acceptors (Lipinski definition) is 0. The van der Waals surface area contributed by atoms with Crippen LogP contribution in [0.15, 0.2) is 95.5 Å². The van der Waals surface area contributed by atoms with Gasteiger partial charge >= 0.3 is 0 Å². The zero-order valence-corrected chi connectivity index (χ0v) is 21.5. The lowest BCUT2D eigenvalue weighted by molar-refractivity contribution is -0.0399. The number of fused-ring (bicyclic) bond motifs is 3. The molecule has 0 aliphatic heterocycles. The third kappa shape index (κ3) is 2.85. The minimum atomic E-state index is 0.254. The van der Waals surface area contributed by atoms with Gasteiger partial charge in [-0.25, -0.2) is 0 Å². The molecule has 172 valence electrons. The molecule has 4 saturated carbocycles. The van der Waals surface area contributed by atoms with Gasteiger partial charge in [-0.3, -0.25) is 0 Å². The summed E-state index contributed by atoms with van der Waals surface area (Å²) in [6, 6.07) is 34.4. The Morgan fingerprint density at radius 2 is 1.14 bits per heavy atom. The van der Waals surface area contributed by atoms with E-state index < -0.39 is 0 Å². The van der Waals surface area contributed by atoms with Crippen LogP contribution in [-0.2, 0) is 5.41 Å². The maximum absolute atomic E-state index is 3.80. The fourth-order valence-electron chi connectivity index (χ4n) is 8.89. The van der Waals surface area contributed by atoms with Crippen LogP contribution in [0.2, 0.25) is 0 Å². The Hall–Kier alpha value is -2.64. The molecular weight excluding hydrogens is 488 g/mol. The van der Waals surface area contributed by atoms with E-state index >= 15 is 0 Å². The smallest absolute Gasteiger partial charge is 0.0271 e. The summed E-state index contributed by atoms with van der Waals surface area (Å²) in [6.45, 7) is 0. The molecule has 4 aromatic rings. The largest absolute Gasteiger partial charge is 0.0622 e. The third-order valence-corrected chi connectivity index (χ3v) is 10.4. The second-order valence-electron chi connectivity index (χ2n) is 11.6. The van der Waals surface area contributed by atoms with Crippen molar-refractivity contribution in [2.24, 2.45) is 23.7 Å². The molecule has 0 saturated heterocycles. The second kappa shape index (κ2) is 7.43. The van der Waals surface area contributed by atoms with E-state index in [-0.39, 0.29) is 5.41 Å². The van der Waals surface area contributed by atoms with Crippen LogP contribution in [0.1, 0.15) is 43.2 Å². The van der Waals surface area contributed by atoms with Gasteiger partial charge < -0.3 is 0 Å². The van der Waals surface area contributed by atoms with Gasteiger partial charge in [0.05, 0.1) is 0 Å². The number of halogens is 1. The first-order chi connectivity index (χ1) is 17.2. The van der Waals surface area contributed by atoms with Gasteiger partial charge in [0.1, 0.15) is 0 Å². The van der Waals surface area contributed by atoms with Crippen molar-refractivity contribution in [3.8, 4) is 33.4 Å². The van der Waals surface area contributed by atoms with E-state index in [4.69, 9.17) is 0 Å². The van der Waals surface area contributed by atoms with Crippen molar-refractivity contribution < 1.29 is 0 Å². The SMILES string of the molecule is Brc1cc(-c2ccccc2)cc(-c2ccc3c(c2)-c2ccccc2C32C3CC4CC(C3)CC2C4)c1. The maximum atomic E-state index is 3.80. The standard InChI is InChI=1S/C34H29Br/c35-29-18-25(23-6-2-1-3-7-23)17-26(19-29)24-10-11-33-31(20-24)30-8-4-5-9-32(30)34(33)27-13-21-12-22(15-27)16-28(34)14-21/h1-11,17-22,27-28H,12-16H2. The van der Waals surface area contributed by atoms with E-state index in [9.17, 15) is 0 Å². The summed E-state index contributed by atoms with van der Waals surface area (Å²) in [4.78, 5) is 0. The maximum Gasteiger partial charge on any atom is 0.0271 e. The first-order valence-electron chi connectivity index (χ1n) is 13.3. The molecule has 0 atom stereocenters. The van der Waals surface area contributed by atoms with Crippen LogP contribution in [0, 0.1) is 23.7 Å². The Balaban J connectivity index is 1.30. The molecule has 1 heteroatoms. The highest BCUT2D eigenvalue weighted by molar-refractivity contribution is 9.10. The summed E-state index contributed by atoms with van der Waals surface area (Å²) in [5.41, 5.74) is 11.6. The zero-order chi connectivity index (χ0) is 23.1. The van der Waals surface area contributed by atoms with Gasteiger partial charge in [0.15, 0.2) is 0 Å². The van der Waals surface area contributed by atoms with Crippen molar-refractivity contribution in [1.29, 1.82) is 0 Å². The average molecular weight is 518 g/mol. The third-order valence-electron chi connectivity index (χ3n) is 9.89. The summed E-state index contributed by atoms with van der Waals surface area (Å²) in [6.07, 6.45) is 7.26. The first-order valence-corrected chi connectivity index (χ1v) is 14.1. The van der Waals surface area contributed by atoms with E-state index in [0.717, 1.165) is 28.1 Å². The molecule has 4 bridgehead atoms. The number of rotatable bonds is 2. The summed E-state index contributed by atoms with van der Waals surface area (Å²) in [7, 11) is 0. The molecule has 0 amide bonds. The van der Waals surface area contributed by atoms with Gasteiger partial charge in [-0.2, -0.15) is 0 Å². The average Bonchev–Trinajstić information content (AvgIpc) is 3.17. The summed E-state index contributed by atoms with van der Waals surface area (Å²) in [5, 5.41) is 0. The highest BCUT2D eigenvalue weighted by Crippen LogP contribution is 2.69. The van der Waals surface area contributed by atoms with Gasteiger partial charge in [0.25, 0.3) is 0 Å². The monoisotopic (exact) mass is 516 g/mol. The predicted octanol–water partition coefficient (Wildman–Crippen LogP) is 9.51. The molecule has 0 aromatic heterocycles. The predicted molar refractivity (Wildman–Crippen MR) is 148 cm³/mol. The van der Waals surface area contributed by atoms with Crippen molar-refractivity contribution >= 4 is 15.9 Å². The van der Waals surface area contributed by atoms with Gasteiger partial charge in [-0.05, 0) is 125 Å². The molecule has 5 aliphatic rings. The lowest BCUT2D eigenvalue weighted by Gasteiger charge is -2.61. The van der Waals surface area contributed by atoms with Crippen LogP contribution in [0.25, 0.3) is 33.4 Å². The minimum absolute atomic E-state index is 0.254. The Bertz CT molecular complexity index is 1440. The Morgan fingerprint density at radius 1 is 0.514 bits per heavy atom. The van der Waals surface area contributed by atoms with Crippen molar-refractivity contribution in [3.63, 3.8) is 0 Å². The molecule has 0 unspecified atom stereocenters. The molecule has 9 rings (SSSR count). The molecule has 35 heavy (non-hydrogen) atoms. The second-order valence-corrected chi connectivity index (χ2v) is 12.5. The highest BCUT2D eigenvalue weighted by atomic mass is 79.9. The normalized spacial score (nSPS) is 29.4. The Labute approximate surface area is 216 Å². The highest BCUT2D eigenvalue weighted by Gasteiger charge is 2.61. The Kier molecular flexibility index (Phi) is 4.36. The van der Waals surface area contributed by atoms with Gasteiger partial charge in [0.2, 0.25) is 0 Å². The van der Waals surface area contributed by atoms with E-state index in [1.54, 1.807) is 11.1 Å². The molecular formula is C34H29Br.